The Kier molecular flexibility index (Phi) is 5.37. The van der Waals surface area contributed by atoms with E-state index in [1.165, 1.54) is 5.56 Å². The molecule has 2 aromatic heterocycles. The molecule has 3 rings (SSSR count). The molecule has 26 heavy (non-hydrogen) atoms. The van der Waals surface area contributed by atoms with Gasteiger partial charge in [-0.05, 0) is 47.9 Å². The maximum atomic E-state index is 12.6. The Labute approximate surface area is 157 Å². The van der Waals surface area contributed by atoms with E-state index in [9.17, 15) is 4.79 Å². The van der Waals surface area contributed by atoms with Crippen LogP contribution in [0.5, 0.6) is 0 Å². The largest absolute Gasteiger partial charge is 0.349 e. The number of benzene rings is 1. The Morgan fingerprint density at radius 3 is 2.81 bits per heavy atom. The average Bonchev–Trinajstić information content (AvgIpc) is 3.24. The molecule has 1 amide bonds. The van der Waals surface area contributed by atoms with Crippen LogP contribution in [0, 0.1) is 0 Å². The lowest BCUT2D eigenvalue weighted by atomic mass is 10.1. The number of anilines is 1. The molecule has 0 fully saturated rings. The molecular weight excluding hydrogens is 346 g/mol. The normalized spacial score (nSPS) is 12.0. The van der Waals surface area contributed by atoms with Crippen LogP contribution in [0.4, 0.5) is 5.95 Å². The lowest BCUT2D eigenvalue weighted by Gasteiger charge is -2.13. The molecule has 0 bridgehead atoms. The minimum Gasteiger partial charge on any atom is -0.349 e. The van der Waals surface area contributed by atoms with E-state index in [0.717, 1.165) is 17.9 Å². The van der Waals surface area contributed by atoms with Crippen molar-refractivity contribution in [3.63, 3.8) is 0 Å². The highest BCUT2D eigenvalue weighted by Gasteiger charge is 2.14. The lowest BCUT2D eigenvalue weighted by molar-refractivity contribution is 0.0940. The van der Waals surface area contributed by atoms with Crippen molar-refractivity contribution in [2.75, 3.05) is 19.0 Å². The summed E-state index contributed by atoms with van der Waals surface area (Å²) in [5.74, 6) is 1.29. The summed E-state index contributed by atoms with van der Waals surface area (Å²) in [5.41, 5.74) is 2.68. The number of rotatable bonds is 6. The number of nitrogens with one attached hydrogen (secondary N) is 1. The fourth-order valence-electron chi connectivity index (χ4n) is 2.81. The molecule has 0 radical (unpaired) electrons. The van der Waals surface area contributed by atoms with E-state index in [4.69, 9.17) is 0 Å². The van der Waals surface area contributed by atoms with E-state index in [2.05, 4.69) is 32.2 Å². The average molecular weight is 369 g/mol. The number of nitrogens with zero attached hydrogens (tertiary/aromatic N) is 4. The molecule has 0 unspecified atom stereocenters. The van der Waals surface area contributed by atoms with Crippen LogP contribution in [-0.2, 0) is 13.5 Å². The van der Waals surface area contributed by atoms with Crippen molar-refractivity contribution in [1.82, 2.24) is 20.1 Å². The van der Waals surface area contributed by atoms with Gasteiger partial charge < -0.3 is 10.2 Å². The molecule has 0 saturated carbocycles. The summed E-state index contributed by atoms with van der Waals surface area (Å²) in [7, 11) is 5.70. The van der Waals surface area contributed by atoms with Crippen LogP contribution >= 0.6 is 11.3 Å². The Balaban J connectivity index is 1.74. The van der Waals surface area contributed by atoms with Crippen LogP contribution in [0.1, 0.15) is 22.8 Å². The van der Waals surface area contributed by atoms with Gasteiger partial charge in [-0.25, -0.2) is 4.68 Å². The van der Waals surface area contributed by atoms with Gasteiger partial charge in [-0.15, -0.1) is 5.10 Å². The third kappa shape index (κ3) is 4.11. The first-order chi connectivity index (χ1) is 12.4. The molecular formula is C19H23N5OS. The van der Waals surface area contributed by atoms with E-state index < -0.39 is 0 Å². The fourth-order valence-corrected chi connectivity index (χ4v) is 3.49. The van der Waals surface area contributed by atoms with E-state index in [1.54, 1.807) is 16.0 Å². The van der Waals surface area contributed by atoms with Gasteiger partial charge in [0.05, 0.1) is 0 Å². The molecule has 0 saturated heterocycles. The zero-order valence-corrected chi connectivity index (χ0v) is 16.2. The summed E-state index contributed by atoms with van der Waals surface area (Å²) in [6.07, 6.45) is 0.822. The molecule has 1 N–H and O–H groups in total. The molecule has 1 atom stereocenters. The lowest BCUT2D eigenvalue weighted by Crippen LogP contribution is -2.33. The number of carbonyl (C=O) groups excluding carboxylic acids is 1. The van der Waals surface area contributed by atoms with Crippen molar-refractivity contribution in [1.29, 1.82) is 0 Å². The van der Waals surface area contributed by atoms with Crippen LogP contribution in [0.25, 0.3) is 11.4 Å². The third-order valence-electron chi connectivity index (χ3n) is 4.02. The maximum absolute atomic E-state index is 12.6. The van der Waals surface area contributed by atoms with Crippen LogP contribution in [0.15, 0.2) is 41.1 Å². The van der Waals surface area contributed by atoms with Gasteiger partial charge >= 0.3 is 0 Å². The standard InChI is InChI=1S/C19H23N5OS/c1-13(10-14-8-9-26-12-14)20-18(25)16-7-5-6-15(11-16)17-21-19(23(2)3)24(4)22-17/h5-9,11-13H,10H2,1-4H3,(H,20,25)/t13-/m1/s1. The van der Waals surface area contributed by atoms with Crippen molar-refractivity contribution < 1.29 is 4.79 Å². The van der Waals surface area contributed by atoms with E-state index >= 15 is 0 Å². The SMILES string of the molecule is C[C@H](Cc1ccsc1)NC(=O)c1cccc(-c2nc(N(C)C)n(C)n2)c1. The van der Waals surface area contributed by atoms with E-state index in [-0.39, 0.29) is 11.9 Å². The first-order valence-electron chi connectivity index (χ1n) is 8.45. The summed E-state index contributed by atoms with van der Waals surface area (Å²) in [5, 5.41) is 11.7. The Morgan fingerprint density at radius 2 is 2.15 bits per heavy atom. The molecule has 136 valence electrons. The summed E-state index contributed by atoms with van der Waals surface area (Å²) in [4.78, 5) is 19.0. The van der Waals surface area contributed by atoms with E-state index in [0.29, 0.717) is 11.4 Å². The van der Waals surface area contributed by atoms with Gasteiger partial charge in [-0.3, -0.25) is 4.79 Å². The Bertz CT molecular complexity index is 885. The quantitative estimate of drug-likeness (QED) is 0.726. The molecule has 1 aromatic carbocycles. The zero-order chi connectivity index (χ0) is 18.7. The minimum atomic E-state index is -0.0849. The topological polar surface area (TPSA) is 63.1 Å². The highest BCUT2D eigenvalue weighted by atomic mass is 32.1. The molecule has 0 aliphatic rings. The number of hydrogen-bond donors (Lipinski definition) is 1. The number of aryl methyl sites for hydroxylation is 1. The summed E-state index contributed by atoms with van der Waals surface area (Å²) in [6.45, 7) is 2.02. The highest BCUT2D eigenvalue weighted by molar-refractivity contribution is 7.07. The summed E-state index contributed by atoms with van der Waals surface area (Å²) in [6, 6.07) is 9.57. The van der Waals surface area contributed by atoms with Gasteiger partial charge in [0, 0.05) is 38.3 Å². The zero-order valence-electron chi connectivity index (χ0n) is 15.4. The Morgan fingerprint density at radius 1 is 1.35 bits per heavy atom. The van der Waals surface area contributed by atoms with Crippen molar-refractivity contribution in [2.24, 2.45) is 7.05 Å². The van der Waals surface area contributed by atoms with Crippen LogP contribution < -0.4 is 10.2 Å². The molecule has 7 heteroatoms. The Hall–Kier alpha value is -2.67. The fraction of sp³-hybridized carbons (Fsp3) is 0.316. The highest BCUT2D eigenvalue weighted by Crippen LogP contribution is 2.20. The number of thiophene rings is 1. The molecule has 0 aliphatic heterocycles. The molecule has 0 aliphatic carbocycles. The molecule has 2 heterocycles. The van der Waals surface area contributed by atoms with Gasteiger partial charge in [0.25, 0.3) is 5.91 Å². The second kappa shape index (κ2) is 7.70. The molecule has 0 spiro atoms. The second-order valence-electron chi connectivity index (χ2n) is 6.54. The van der Waals surface area contributed by atoms with Crippen molar-refractivity contribution >= 4 is 23.2 Å². The van der Waals surface area contributed by atoms with Gasteiger partial charge in [-0.1, -0.05) is 12.1 Å². The number of amides is 1. The van der Waals surface area contributed by atoms with Crippen molar-refractivity contribution in [3.05, 3.63) is 52.2 Å². The molecule has 6 nitrogen and oxygen atoms in total. The summed E-state index contributed by atoms with van der Waals surface area (Å²) >= 11 is 1.67. The van der Waals surface area contributed by atoms with Crippen LogP contribution in [0.3, 0.4) is 0 Å². The number of aromatic nitrogens is 3. The monoisotopic (exact) mass is 369 g/mol. The number of hydrogen-bond acceptors (Lipinski definition) is 5. The first-order valence-corrected chi connectivity index (χ1v) is 9.39. The predicted molar refractivity (Wildman–Crippen MR) is 106 cm³/mol. The van der Waals surface area contributed by atoms with Crippen molar-refractivity contribution in [2.45, 2.75) is 19.4 Å². The van der Waals surface area contributed by atoms with Gasteiger partial charge in [0.15, 0.2) is 5.82 Å². The number of carbonyl (C=O) groups is 1. The van der Waals surface area contributed by atoms with Gasteiger partial charge in [0.1, 0.15) is 0 Å². The predicted octanol–water partition coefficient (Wildman–Crippen LogP) is 2.97. The first kappa shape index (κ1) is 18.1. The third-order valence-corrected chi connectivity index (χ3v) is 4.75. The van der Waals surface area contributed by atoms with Gasteiger partial charge in [-0.2, -0.15) is 16.3 Å². The smallest absolute Gasteiger partial charge is 0.251 e. The minimum absolute atomic E-state index is 0.0640. The second-order valence-corrected chi connectivity index (χ2v) is 7.32. The molecule has 3 aromatic rings. The van der Waals surface area contributed by atoms with E-state index in [1.807, 2.05) is 57.2 Å². The van der Waals surface area contributed by atoms with Gasteiger partial charge in [0.2, 0.25) is 5.95 Å². The van der Waals surface area contributed by atoms with Crippen LogP contribution in [0.2, 0.25) is 0 Å². The maximum Gasteiger partial charge on any atom is 0.251 e. The van der Waals surface area contributed by atoms with Crippen LogP contribution in [-0.4, -0.2) is 40.8 Å². The summed E-state index contributed by atoms with van der Waals surface area (Å²) < 4.78 is 1.73. The van der Waals surface area contributed by atoms with Crippen molar-refractivity contribution in [3.8, 4) is 11.4 Å².